The van der Waals surface area contributed by atoms with E-state index in [1.54, 1.807) is 0 Å². The third-order valence-corrected chi connectivity index (χ3v) is 8.41. The van der Waals surface area contributed by atoms with E-state index in [0.717, 1.165) is 71.0 Å². The second kappa shape index (κ2) is 14.6. The molecule has 0 radical (unpaired) electrons. The van der Waals surface area contributed by atoms with E-state index in [2.05, 4.69) is 85.7 Å². The highest BCUT2D eigenvalue weighted by molar-refractivity contribution is 7.99. The molecule has 0 aliphatic carbocycles. The lowest BCUT2D eigenvalue weighted by molar-refractivity contribution is -0.119. The summed E-state index contributed by atoms with van der Waals surface area (Å²) in [6.45, 7) is 7.53. The van der Waals surface area contributed by atoms with Gasteiger partial charge in [-0.15, -0.1) is 0 Å². The first-order chi connectivity index (χ1) is 19.6. The molecule has 5 rings (SSSR count). The maximum Gasteiger partial charge on any atom is 0.230 e. The Kier molecular flexibility index (Phi) is 10.5. The third kappa shape index (κ3) is 8.80. The molecule has 2 aliphatic rings. The molecule has 3 aromatic rings. The number of hydrogen-bond acceptors (Lipinski definition) is 7. The molecular formula is C31H37ClN6OS. The molecule has 2 saturated heterocycles. The van der Waals surface area contributed by atoms with Crippen LogP contribution < -0.4 is 10.2 Å². The number of rotatable bonds is 10. The molecule has 0 bridgehead atoms. The van der Waals surface area contributed by atoms with E-state index >= 15 is 0 Å². The van der Waals surface area contributed by atoms with E-state index in [4.69, 9.17) is 16.6 Å². The van der Waals surface area contributed by atoms with Crippen molar-refractivity contribution in [1.82, 2.24) is 25.1 Å². The smallest absolute Gasteiger partial charge is 0.230 e. The van der Waals surface area contributed by atoms with Gasteiger partial charge in [0.2, 0.25) is 5.91 Å². The Morgan fingerprint density at radius 3 is 2.35 bits per heavy atom. The topological polar surface area (TPSA) is 64.6 Å². The van der Waals surface area contributed by atoms with Crippen LogP contribution in [0.3, 0.4) is 0 Å². The number of hydrogen-bond donors (Lipinski definition) is 1. The minimum absolute atomic E-state index is 0.0220. The van der Waals surface area contributed by atoms with E-state index in [0.29, 0.717) is 10.3 Å². The molecule has 3 heterocycles. The fourth-order valence-corrected chi connectivity index (χ4v) is 6.04. The molecule has 1 N–H and O–H groups in total. The Morgan fingerprint density at radius 2 is 1.62 bits per heavy atom. The lowest BCUT2D eigenvalue weighted by Gasteiger charge is -2.35. The number of carbonyl (C=O) groups is 1. The van der Waals surface area contributed by atoms with Crippen LogP contribution >= 0.6 is 23.4 Å². The highest BCUT2D eigenvalue weighted by Crippen LogP contribution is 2.23. The van der Waals surface area contributed by atoms with E-state index < -0.39 is 0 Å². The van der Waals surface area contributed by atoms with Crippen molar-refractivity contribution in [2.45, 2.75) is 30.6 Å². The van der Waals surface area contributed by atoms with Gasteiger partial charge in [-0.25, -0.2) is 9.97 Å². The standard InChI is InChI=1S/C31H37ClN6OS/c32-28-22-29(38-20-18-36(19-21-38)15-7-12-25-8-3-1-4-9-25)35-31(34-28)40-24-30(39)33-27-13-16-37(17-14-27)23-26-10-5-2-6-11-26/h1-12,22,27H,13-21,23-24H2,(H,33,39)/b12-7+. The van der Waals surface area contributed by atoms with Gasteiger partial charge in [-0.1, -0.05) is 96.2 Å². The van der Waals surface area contributed by atoms with Gasteiger partial charge in [0.25, 0.3) is 0 Å². The van der Waals surface area contributed by atoms with E-state index in [9.17, 15) is 4.79 Å². The number of halogens is 1. The summed E-state index contributed by atoms with van der Waals surface area (Å²) in [7, 11) is 0. The van der Waals surface area contributed by atoms with Gasteiger partial charge in [-0.2, -0.15) is 0 Å². The Bertz CT molecular complexity index is 1250. The molecule has 1 amide bonds. The maximum absolute atomic E-state index is 12.7. The minimum Gasteiger partial charge on any atom is -0.354 e. The number of amides is 1. The number of thioether (sulfide) groups is 1. The number of aromatic nitrogens is 2. The zero-order valence-corrected chi connectivity index (χ0v) is 24.4. The van der Waals surface area contributed by atoms with Crippen LogP contribution in [0.2, 0.25) is 5.15 Å². The van der Waals surface area contributed by atoms with Gasteiger partial charge in [0.1, 0.15) is 11.0 Å². The van der Waals surface area contributed by atoms with Gasteiger partial charge in [0, 0.05) is 64.5 Å². The third-order valence-electron chi connectivity index (χ3n) is 7.36. The van der Waals surface area contributed by atoms with Crippen molar-refractivity contribution in [1.29, 1.82) is 0 Å². The van der Waals surface area contributed by atoms with Gasteiger partial charge < -0.3 is 10.2 Å². The Hall–Kier alpha value is -2.91. The van der Waals surface area contributed by atoms with E-state index in [-0.39, 0.29) is 17.7 Å². The van der Waals surface area contributed by atoms with Crippen LogP contribution in [-0.2, 0) is 11.3 Å². The number of nitrogens with one attached hydrogen (secondary N) is 1. The summed E-state index contributed by atoms with van der Waals surface area (Å²) >= 11 is 7.70. The fourth-order valence-electron chi connectivity index (χ4n) is 5.15. The molecule has 2 aliphatic heterocycles. The highest BCUT2D eigenvalue weighted by atomic mass is 35.5. The maximum atomic E-state index is 12.7. The zero-order valence-electron chi connectivity index (χ0n) is 22.8. The average Bonchev–Trinajstić information content (AvgIpc) is 2.98. The molecule has 9 heteroatoms. The monoisotopic (exact) mass is 576 g/mol. The molecular weight excluding hydrogens is 540 g/mol. The lowest BCUT2D eigenvalue weighted by atomic mass is 10.0. The molecule has 40 heavy (non-hydrogen) atoms. The summed E-state index contributed by atoms with van der Waals surface area (Å²) in [5, 5.41) is 4.16. The Balaban J connectivity index is 1.03. The number of piperidine rings is 1. The number of anilines is 1. The zero-order chi connectivity index (χ0) is 27.6. The van der Waals surface area contributed by atoms with Gasteiger partial charge in [-0.3, -0.25) is 14.6 Å². The summed E-state index contributed by atoms with van der Waals surface area (Å²) in [5.41, 5.74) is 2.56. The lowest BCUT2D eigenvalue weighted by Crippen LogP contribution is -2.46. The van der Waals surface area contributed by atoms with E-state index in [1.807, 2.05) is 18.2 Å². The van der Waals surface area contributed by atoms with Gasteiger partial charge >= 0.3 is 0 Å². The van der Waals surface area contributed by atoms with Crippen LogP contribution in [0.5, 0.6) is 0 Å². The highest BCUT2D eigenvalue weighted by Gasteiger charge is 2.22. The second-order valence-corrected chi connectivity index (χ2v) is 11.7. The summed E-state index contributed by atoms with van der Waals surface area (Å²) in [6, 6.07) is 23.0. The SMILES string of the molecule is O=C(CSc1nc(Cl)cc(N2CCN(C/C=C/c3ccccc3)CC2)n1)NC1CCN(Cc2ccccc2)CC1. The second-order valence-electron chi connectivity index (χ2n) is 10.3. The fraction of sp³-hybridized carbons (Fsp3) is 0.387. The first-order valence-corrected chi connectivity index (χ1v) is 15.4. The van der Waals surface area contributed by atoms with Crippen molar-refractivity contribution in [2.75, 3.05) is 56.5 Å². The Morgan fingerprint density at radius 1 is 0.925 bits per heavy atom. The minimum atomic E-state index is 0.0220. The van der Waals surface area contributed by atoms with E-state index in [1.165, 1.54) is 22.9 Å². The van der Waals surface area contributed by atoms with Crippen molar-refractivity contribution in [3.05, 3.63) is 89.1 Å². The molecule has 0 unspecified atom stereocenters. The molecule has 1 aromatic heterocycles. The van der Waals surface area contributed by atoms with Crippen LogP contribution in [0.25, 0.3) is 6.08 Å². The molecule has 2 fully saturated rings. The predicted molar refractivity (Wildman–Crippen MR) is 165 cm³/mol. The Labute approximate surface area is 246 Å². The number of likely N-dealkylation sites (tertiary alicyclic amines) is 1. The van der Waals surface area contributed by atoms with Crippen LogP contribution in [0.4, 0.5) is 5.82 Å². The number of benzene rings is 2. The average molecular weight is 577 g/mol. The first kappa shape index (κ1) is 28.6. The molecule has 0 spiro atoms. The van der Waals surface area contributed by atoms with Crippen LogP contribution in [0, 0.1) is 0 Å². The summed E-state index contributed by atoms with van der Waals surface area (Å²) in [5.74, 6) is 1.13. The molecule has 0 atom stereocenters. The summed E-state index contributed by atoms with van der Waals surface area (Å²) in [4.78, 5) is 28.9. The van der Waals surface area contributed by atoms with Crippen LogP contribution in [0.15, 0.2) is 78.0 Å². The number of nitrogens with zero attached hydrogens (tertiary/aromatic N) is 5. The van der Waals surface area contributed by atoms with Gasteiger partial charge in [-0.05, 0) is 24.0 Å². The largest absolute Gasteiger partial charge is 0.354 e. The number of carbonyl (C=O) groups excluding carboxylic acids is 1. The van der Waals surface area contributed by atoms with Crippen molar-refractivity contribution >= 4 is 41.2 Å². The molecule has 210 valence electrons. The summed E-state index contributed by atoms with van der Waals surface area (Å²) < 4.78 is 0. The van der Waals surface area contributed by atoms with Crippen molar-refractivity contribution < 1.29 is 4.79 Å². The predicted octanol–water partition coefficient (Wildman–Crippen LogP) is 4.84. The summed E-state index contributed by atoms with van der Waals surface area (Å²) in [6.07, 6.45) is 6.33. The molecule has 7 nitrogen and oxygen atoms in total. The van der Waals surface area contributed by atoms with Gasteiger partial charge in [0.05, 0.1) is 5.75 Å². The van der Waals surface area contributed by atoms with Crippen molar-refractivity contribution in [3.8, 4) is 0 Å². The van der Waals surface area contributed by atoms with Crippen molar-refractivity contribution in [3.63, 3.8) is 0 Å². The molecule has 0 saturated carbocycles. The molecule has 2 aromatic carbocycles. The van der Waals surface area contributed by atoms with Gasteiger partial charge in [0.15, 0.2) is 5.16 Å². The quantitative estimate of drug-likeness (QED) is 0.210. The van der Waals surface area contributed by atoms with Crippen molar-refractivity contribution in [2.24, 2.45) is 0 Å². The normalized spacial score (nSPS) is 17.4. The van der Waals surface area contributed by atoms with Crippen LogP contribution in [-0.4, -0.2) is 83.3 Å². The van der Waals surface area contributed by atoms with Crippen LogP contribution in [0.1, 0.15) is 24.0 Å². The first-order valence-electron chi connectivity index (χ1n) is 14.0. The number of piperazine rings is 1.